The zero-order valence-corrected chi connectivity index (χ0v) is 8.47. The first kappa shape index (κ1) is 9.88. The van der Waals surface area contributed by atoms with Gasteiger partial charge in [-0.1, -0.05) is 5.10 Å². The average molecular weight is 211 g/mol. The van der Waals surface area contributed by atoms with Gasteiger partial charge in [0.2, 0.25) is 5.95 Å². The molecule has 0 spiro atoms. The van der Waals surface area contributed by atoms with E-state index in [-0.39, 0.29) is 12.0 Å². The van der Waals surface area contributed by atoms with Crippen molar-refractivity contribution in [2.24, 2.45) is 7.05 Å². The first-order valence-corrected chi connectivity index (χ1v) is 4.84. The van der Waals surface area contributed by atoms with E-state index in [0.29, 0.717) is 5.95 Å². The lowest BCUT2D eigenvalue weighted by Crippen LogP contribution is -2.47. The monoisotopic (exact) mass is 211 g/mol. The van der Waals surface area contributed by atoms with Gasteiger partial charge in [0.1, 0.15) is 0 Å². The zero-order valence-electron chi connectivity index (χ0n) is 8.47. The highest BCUT2D eigenvalue weighted by Gasteiger charge is 2.40. The number of aryl methyl sites for hydroxylation is 1. The molecule has 1 saturated carbocycles. The number of hydrogen-bond donors (Lipinski definition) is 2. The van der Waals surface area contributed by atoms with Crippen LogP contribution >= 0.6 is 0 Å². The van der Waals surface area contributed by atoms with Crippen molar-refractivity contribution >= 4 is 11.9 Å². The van der Waals surface area contributed by atoms with Crippen LogP contribution in [-0.2, 0) is 11.8 Å². The Morgan fingerprint density at radius 1 is 1.67 bits per heavy atom. The SMILES string of the molecule is Cn1nnnc1NC1(CC(=O)O)CCC1. The van der Waals surface area contributed by atoms with Crippen LogP contribution < -0.4 is 5.32 Å². The Hall–Kier alpha value is -1.66. The number of aromatic nitrogens is 4. The molecule has 2 N–H and O–H groups in total. The minimum atomic E-state index is -0.794. The smallest absolute Gasteiger partial charge is 0.305 e. The summed E-state index contributed by atoms with van der Waals surface area (Å²) >= 11 is 0. The molecule has 0 amide bonds. The minimum Gasteiger partial charge on any atom is -0.481 e. The molecule has 2 rings (SSSR count). The number of carboxylic acids is 1. The molecule has 1 aliphatic carbocycles. The highest BCUT2D eigenvalue weighted by atomic mass is 16.4. The van der Waals surface area contributed by atoms with Crippen LogP contribution in [0.2, 0.25) is 0 Å². The van der Waals surface area contributed by atoms with Crippen LogP contribution in [0.3, 0.4) is 0 Å². The quantitative estimate of drug-likeness (QED) is 0.729. The van der Waals surface area contributed by atoms with Gasteiger partial charge in [-0.25, -0.2) is 4.68 Å². The predicted octanol–water partition coefficient (Wildman–Crippen LogP) is 0.0194. The first-order valence-electron chi connectivity index (χ1n) is 4.84. The fourth-order valence-electron chi connectivity index (χ4n) is 1.81. The summed E-state index contributed by atoms with van der Waals surface area (Å²) in [6, 6.07) is 0. The normalized spacial score (nSPS) is 18.2. The van der Waals surface area contributed by atoms with Gasteiger partial charge in [-0.2, -0.15) is 0 Å². The molecule has 1 aliphatic rings. The van der Waals surface area contributed by atoms with Crippen molar-refractivity contribution in [3.8, 4) is 0 Å². The fourth-order valence-corrected chi connectivity index (χ4v) is 1.81. The van der Waals surface area contributed by atoms with Gasteiger partial charge < -0.3 is 10.4 Å². The van der Waals surface area contributed by atoms with E-state index in [1.165, 1.54) is 4.68 Å². The molecule has 0 bridgehead atoms. The van der Waals surface area contributed by atoms with Gasteiger partial charge in [0.25, 0.3) is 0 Å². The Balaban J connectivity index is 2.08. The molecule has 1 aromatic rings. The van der Waals surface area contributed by atoms with Gasteiger partial charge in [-0.3, -0.25) is 4.79 Å². The lowest BCUT2D eigenvalue weighted by molar-refractivity contribution is -0.138. The van der Waals surface area contributed by atoms with Crippen molar-refractivity contribution in [1.29, 1.82) is 0 Å². The third-order valence-electron chi connectivity index (χ3n) is 2.80. The summed E-state index contributed by atoms with van der Waals surface area (Å²) in [6.07, 6.45) is 2.86. The maximum atomic E-state index is 10.7. The van der Waals surface area contributed by atoms with E-state index >= 15 is 0 Å². The number of tetrazole rings is 1. The van der Waals surface area contributed by atoms with E-state index in [2.05, 4.69) is 20.8 Å². The maximum absolute atomic E-state index is 10.7. The molecule has 0 atom stereocenters. The summed E-state index contributed by atoms with van der Waals surface area (Å²) in [5.41, 5.74) is -0.353. The van der Waals surface area contributed by atoms with Crippen LogP contribution in [0, 0.1) is 0 Å². The summed E-state index contributed by atoms with van der Waals surface area (Å²) in [4.78, 5) is 10.7. The Morgan fingerprint density at radius 2 is 2.40 bits per heavy atom. The van der Waals surface area contributed by atoms with Gasteiger partial charge in [-0.05, 0) is 29.7 Å². The average Bonchev–Trinajstić information content (AvgIpc) is 2.47. The number of anilines is 1. The fraction of sp³-hybridized carbons (Fsp3) is 0.750. The van der Waals surface area contributed by atoms with E-state index in [1.54, 1.807) is 7.05 Å². The molecule has 0 aromatic carbocycles. The maximum Gasteiger partial charge on any atom is 0.305 e. The Morgan fingerprint density at radius 3 is 2.80 bits per heavy atom. The van der Waals surface area contributed by atoms with Crippen LogP contribution in [0.1, 0.15) is 25.7 Å². The second-order valence-corrected chi connectivity index (χ2v) is 3.96. The summed E-state index contributed by atoms with van der Waals surface area (Å²) in [6.45, 7) is 0. The summed E-state index contributed by atoms with van der Waals surface area (Å²) < 4.78 is 1.50. The standard InChI is InChI=1S/C8H13N5O2/c1-13-7(10-11-12-13)9-8(3-2-4-8)5-6(14)15/h2-5H2,1H3,(H,14,15)(H,9,10,12). The van der Waals surface area contributed by atoms with Gasteiger partial charge in [-0.15, -0.1) is 0 Å². The molecule has 0 saturated heterocycles. The second-order valence-electron chi connectivity index (χ2n) is 3.96. The molecule has 1 fully saturated rings. The van der Waals surface area contributed by atoms with E-state index in [0.717, 1.165) is 19.3 Å². The van der Waals surface area contributed by atoms with Crippen LogP contribution in [0.5, 0.6) is 0 Å². The van der Waals surface area contributed by atoms with Crippen molar-refractivity contribution in [3.63, 3.8) is 0 Å². The second kappa shape index (κ2) is 3.48. The van der Waals surface area contributed by atoms with E-state index in [9.17, 15) is 4.79 Å². The third kappa shape index (κ3) is 1.90. The Kier molecular flexibility index (Phi) is 2.29. The highest BCUT2D eigenvalue weighted by molar-refractivity contribution is 5.69. The minimum absolute atomic E-state index is 0.111. The van der Waals surface area contributed by atoms with Gasteiger partial charge in [0.05, 0.1) is 12.0 Å². The number of hydrogen-bond acceptors (Lipinski definition) is 5. The molecule has 0 unspecified atom stereocenters. The Bertz CT molecular complexity index is 371. The number of carboxylic acid groups (broad SMARTS) is 1. The number of nitrogens with one attached hydrogen (secondary N) is 1. The summed E-state index contributed by atoms with van der Waals surface area (Å²) in [7, 11) is 1.72. The summed E-state index contributed by atoms with van der Waals surface area (Å²) in [5.74, 6) is -0.270. The van der Waals surface area contributed by atoms with Crippen molar-refractivity contribution in [2.45, 2.75) is 31.2 Å². The van der Waals surface area contributed by atoms with Crippen LogP contribution in [-0.4, -0.2) is 36.8 Å². The van der Waals surface area contributed by atoms with Crippen molar-refractivity contribution in [2.75, 3.05) is 5.32 Å². The zero-order chi connectivity index (χ0) is 10.9. The lowest BCUT2D eigenvalue weighted by Gasteiger charge is -2.41. The molecule has 82 valence electrons. The van der Waals surface area contributed by atoms with Crippen LogP contribution in [0.25, 0.3) is 0 Å². The number of rotatable bonds is 4. The number of nitrogens with zero attached hydrogens (tertiary/aromatic N) is 4. The van der Waals surface area contributed by atoms with Crippen LogP contribution in [0.4, 0.5) is 5.95 Å². The van der Waals surface area contributed by atoms with Crippen molar-refractivity contribution in [1.82, 2.24) is 20.2 Å². The van der Waals surface area contributed by atoms with E-state index in [1.807, 2.05) is 0 Å². The van der Waals surface area contributed by atoms with Gasteiger partial charge in [0, 0.05) is 7.05 Å². The molecule has 0 radical (unpaired) electrons. The van der Waals surface area contributed by atoms with Crippen LogP contribution in [0.15, 0.2) is 0 Å². The molecule has 7 nitrogen and oxygen atoms in total. The number of aliphatic carboxylic acids is 1. The largest absolute Gasteiger partial charge is 0.481 e. The molecule has 15 heavy (non-hydrogen) atoms. The molecule has 1 heterocycles. The van der Waals surface area contributed by atoms with Crippen molar-refractivity contribution in [3.05, 3.63) is 0 Å². The van der Waals surface area contributed by atoms with E-state index in [4.69, 9.17) is 5.11 Å². The van der Waals surface area contributed by atoms with Gasteiger partial charge >= 0.3 is 5.97 Å². The first-order chi connectivity index (χ1) is 7.11. The molecule has 7 heteroatoms. The predicted molar refractivity (Wildman–Crippen MR) is 51.3 cm³/mol. The molecular weight excluding hydrogens is 198 g/mol. The topological polar surface area (TPSA) is 92.9 Å². The molecule has 1 aromatic heterocycles. The highest BCUT2D eigenvalue weighted by Crippen LogP contribution is 2.37. The van der Waals surface area contributed by atoms with Crippen molar-refractivity contribution < 1.29 is 9.90 Å². The Labute approximate surface area is 86.5 Å². The molecular formula is C8H13N5O2. The van der Waals surface area contributed by atoms with Gasteiger partial charge in [0.15, 0.2) is 0 Å². The number of carbonyl (C=O) groups is 1. The summed E-state index contributed by atoms with van der Waals surface area (Å²) in [5, 5.41) is 22.9. The lowest BCUT2D eigenvalue weighted by atomic mass is 9.74. The van der Waals surface area contributed by atoms with E-state index < -0.39 is 5.97 Å². The third-order valence-corrected chi connectivity index (χ3v) is 2.80. The molecule has 0 aliphatic heterocycles.